The summed E-state index contributed by atoms with van der Waals surface area (Å²) in [6, 6.07) is 2.41. The van der Waals surface area contributed by atoms with Gasteiger partial charge in [0.1, 0.15) is 10.5 Å². The Bertz CT molecular complexity index is 815. The monoisotopic (exact) mass is 408 g/mol. The molecule has 0 aromatic heterocycles. The third-order valence-electron chi connectivity index (χ3n) is 4.03. The number of ether oxygens (including phenoxy) is 1. The predicted molar refractivity (Wildman–Crippen MR) is 95.6 cm³/mol. The van der Waals surface area contributed by atoms with E-state index in [0.717, 1.165) is 0 Å². The first-order valence-electron chi connectivity index (χ1n) is 7.97. The second-order valence-corrected chi connectivity index (χ2v) is 9.72. The van der Waals surface area contributed by atoms with E-state index >= 15 is 4.39 Å². The molecule has 1 amide bonds. The summed E-state index contributed by atoms with van der Waals surface area (Å²) in [6.45, 7) is 4.80. The van der Waals surface area contributed by atoms with Crippen molar-refractivity contribution >= 4 is 33.2 Å². The van der Waals surface area contributed by atoms with Crippen molar-refractivity contribution in [3.8, 4) is 5.75 Å². The number of piperidine rings is 1. The molecule has 0 bridgehead atoms. The van der Waals surface area contributed by atoms with Crippen LogP contribution in [-0.2, 0) is 14.6 Å². The van der Waals surface area contributed by atoms with Crippen molar-refractivity contribution < 1.29 is 27.4 Å². The molecule has 146 valence electrons. The molecule has 0 unspecified atom stereocenters. The Morgan fingerprint density at radius 2 is 1.88 bits per heavy atom. The fourth-order valence-corrected chi connectivity index (χ4v) is 4.86. The number of sulfone groups is 1. The third-order valence-corrected chi connectivity index (χ3v) is 6.78. The Hall–Kier alpha value is -1.74. The maximum atomic E-state index is 15.3. The van der Waals surface area contributed by atoms with Crippen LogP contribution in [0.5, 0.6) is 5.75 Å². The molecule has 1 aromatic rings. The quantitative estimate of drug-likeness (QED) is 0.574. The maximum Gasteiger partial charge on any atom is 0.410 e. The number of benzene rings is 1. The number of nitrogens with zero attached hydrogens (tertiary/aromatic N) is 1. The molecule has 1 aliphatic rings. The van der Waals surface area contributed by atoms with Crippen LogP contribution in [-0.4, -0.2) is 48.2 Å². The highest BCUT2D eigenvalue weighted by atomic mass is 35.5. The van der Waals surface area contributed by atoms with E-state index in [1.165, 1.54) is 17.0 Å². The molecule has 1 aromatic carbocycles. The number of nitrogens with two attached hydrogens (primary N) is 1. The van der Waals surface area contributed by atoms with Gasteiger partial charge in [0.05, 0.1) is 10.7 Å². The van der Waals surface area contributed by atoms with Gasteiger partial charge in [0.2, 0.25) is 14.8 Å². The van der Waals surface area contributed by atoms with Crippen LogP contribution in [0.2, 0.25) is 5.02 Å². The maximum absolute atomic E-state index is 15.3. The number of alkyl halides is 1. The number of nitrogen functional groups attached to an aromatic ring is 1. The first kappa shape index (κ1) is 20.6. The predicted octanol–water partition coefficient (Wildman–Crippen LogP) is 3.10. The van der Waals surface area contributed by atoms with E-state index in [9.17, 15) is 18.3 Å². The van der Waals surface area contributed by atoms with E-state index in [4.69, 9.17) is 22.1 Å². The summed E-state index contributed by atoms with van der Waals surface area (Å²) in [5.41, 5.74) is 4.58. The molecule has 0 spiro atoms. The number of amides is 1. The zero-order chi connectivity index (χ0) is 19.9. The van der Waals surface area contributed by atoms with Gasteiger partial charge in [-0.05, 0) is 32.9 Å². The highest BCUT2D eigenvalue weighted by Gasteiger charge is 2.50. The van der Waals surface area contributed by atoms with Crippen molar-refractivity contribution in [2.24, 2.45) is 0 Å². The van der Waals surface area contributed by atoms with E-state index in [-0.39, 0.29) is 23.8 Å². The molecule has 1 saturated heterocycles. The number of carbonyl (C=O) groups excluding carboxylic acids is 1. The zero-order valence-corrected chi connectivity index (χ0v) is 16.3. The summed E-state index contributed by atoms with van der Waals surface area (Å²) in [5.74, 6) is -0.774. The van der Waals surface area contributed by atoms with Gasteiger partial charge in [0, 0.05) is 25.9 Å². The molecule has 1 aliphatic heterocycles. The number of likely N-dealkylation sites (tertiary alicyclic amines) is 1. The number of phenols is 1. The molecular weight excluding hydrogens is 387 g/mol. The summed E-state index contributed by atoms with van der Waals surface area (Å²) in [7, 11) is -4.64. The molecule has 0 saturated carbocycles. The minimum absolute atomic E-state index is 0.147. The van der Waals surface area contributed by atoms with Crippen molar-refractivity contribution in [3.05, 3.63) is 17.2 Å². The second kappa shape index (κ2) is 6.77. The number of aromatic hydroxyl groups is 1. The summed E-state index contributed by atoms with van der Waals surface area (Å²) >= 11 is 5.87. The molecule has 3 N–H and O–H groups in total. The van der Waals surface area contributed by atoms with Crippen molar-refractivity contribution in [2.75, 3.05) is 18.8 Å². The lowest BCUT2D eigenvalue weighted by Crippen LogP contribution is -2.49. The van der Waals surface area contributed by atoms with E-state index in [1.54, 1.807) is 20.8 Å². The molecule has 0 radical (unpaired) electrons. The van der Waals surface area contributed by atoms with Crippen LogP contribution in [0.3, 0.4) is 0 Å². The molecule has 10 heteroatoms. The Kier molecular flexibility index (Phi) is 5.36. The fourth-order valence-electron chi connectivity index (χ4n) is 2.62. The Balaban J connectivity index is 2.26. The number of hydrogen-bond acceptors (Lipinski definition) is 6. The standard InChI is InChI=1S/C16H22ClFN2O5S/c1-15(2,3)25-14(22)20-8-6-16(18,7-9-20)26(23,24)13-10(17)4-5-11(19)12(13)21/h4-5,21H,6-9,19H2,1-3H3. The van der Waals surface area contributed by atoms with Gasteiger partial charge in [-0.2, -0.15) is 0 Å². The van der Waals surface area contributed by atoms with Crippen molar-refractivity contribution in [1.29, 1.82) is 0 Å². The molecule has 2 rings (SSSR count). The van der Waals surface area contributed by atoms with Crippen LogP contribution in [0.1, 0.15) is 33.6 Å². The number of halogens is 2. The van der Waals surface area contributed by atoms with Gasteiger partial charge < -0.3 is 20.5 Å². The van der Waals surface area contributed by atoms with Gasteiger partial charge in [-0.15, -0.1) is 0 Å². The molecular formula is C16H22ClFN2O5S. The smallest absolute Gasteiger partial charge is 0.410 e. The van der Waals surface area contributed by atoms with E-state index in [0.29, 0.717) is 0 Å². The first-order valence-corrected chi connectivity index (χ1v) is 9.83. The molecule has 26 heavy (non-hydrogen) atoms. The lowest BCUT2D eigenvalue weighted by Gasteiger charge is -2.36. The summed E-state index contributed by atoms with van der Waals surface area (Å²) in [5, 5.41) is 6.99. The van der Waals surface area contributed by atoms with Gasteiger partial charge in [0.25, 0.3) is 0 Å². The Morgan fingerprint density at radius 3 is 2.38 bits per heavy atom. The van der Waals surface area contributed by atoms with Crippen LogP contribution >= 0.6 is 11.6 Å². The van der Waals surface area contributed by atoms with Crippen LogP contribution in [0.4, 0.5) is 14.9 Å². The lowest BCUT2D eigenvalue weighted by atomic mass is 10.1. The number of phenolic OH excluding ortho intramolecular Hbond substituents is 1. The van der Waals surface area contributed by atoms with Gasteiger partial charge in [0.15, 0.2) is 5.75 Å². The van der Waals surface area contributed by atoms with Crippen LogP contribution < -0.4 is 5.73 Å². The van der Waals surface area contributed by atoms with E-state index in [1.807, 2.05) is 0 Å². The minimum Gasteiger partial charge on any atom is -0.504 e. The molecule has 1 heterocycles. The highest BCUT2D eigenvalue weighted by molar-refractivity contribution is 7.92. The van der Waals surface area contributed by atoms with Crippen molar-refractivity contribution in [1.82, 2.24) is 4.90 Å². The number of hydrogen-bond donors (Lipinski definition) is 2. The molecule has 0 aliphatic carbocycles. The zero-order valence-electron chi connectivity index (χ0n) is 14.8. The van der Waals surface area contributed by atoms with Crippen molar-refractivity contribution in [2.45, 2.75) is 49.1 Å². The van der Waals surface area contributed by atoms with E-state index in [2.05, 4.69) is 0 Å². The van der Waals surface area contributed by atoms with Crippen LogP contribution in [0, 0.1) is 0 Å². The van der Waals surface area contributed by atoms with Gasteiger partial charge in [-0.1, -0.05) is 11.6 Å². The third kappa shape index (κ3) is 3.83. The minimum atomic E-state index is -4.64. The Labute approximate surface area is 156 Å². The normalized spacial score (nSPS) is 17.8. The number of anilines is 1. The van der Waals surface area contributed by atoms with Gasteiger partial charge >= 0.3 is 6.09 Å². The van der Waals surface area contributed by atoms with E-state index < -0.39 is 50.0 Å². The second-order valence-electron chi connectivity index (χ2n) is 7.17. The van der Waals surface area contributed by atoms with Crippen LogP contribution in [0.25, 0.3) is 0 Å². The van der Waals surface area contributed by atoms with Gasteiger partial charge in [-0.25, -0.2) is 17.6 Å². The summed E-state index contributed by atoms with van der Waals surface area (Å²) in [6.07, 6.45) is -1.58. The highest BCUT2D eigenvalue weighted by Crippen LogP contribution is 2.44. The number of rotatable bonds is 2. The summed E-state index contributed by atoms with van der Waals surface area (Å²) < 4.78 is 46.1. The fraction of sp³-hybridized carbons (Fsp3) is 0.562. The lowest BCUT2D eigenvalue weighted by molar-refractivity contribution is 0.0137. The molecule has 0 atom stereocenters. The molecule has 7 nitrogen and oxygen atoms in total. The summed E-state index contributed by atoms with van der Waals surface area (Å²) in [4.78, 5) is 12.6. The molecule has 1 fully saturated rings. The SMILES string of the molecule is CC(C)(C)OC(=O)N1CCC(F)(S(=O)(=O)c2c(Cl)ccc(N)c2O)CC1. The first-order chi connectivity index (χ1) is 11.8. The van der Waals surface area contributed by atoms with Crippen LogP contribution in [0.15, 0.2) is 17.0 Å². The largest absolute Gasteiger partial charge is 0.504 e. The number of carbonyl (C=O) groups is 1. The van der Waals surface area contributed by atoms with Gasteiger partial charge in [-0.3, -0.25) is 0 Å². The van der Waals surface area contributed by atoms with Crippen molar-refractivity contribution in [3.63, 3.8) is 0 Å². The average Bonchev–Trinajstić information content (AvgIpc) is 2.50. The average molecular weight is 409 g/mol. The Morgan fingerprint density at radius 1 is 1.35 bits per heavy atom. The topological polar surface area (TPSA) is 110 Å².